The third-order valence-corrected chi connectivity index (χ3v) is 3.09. The van der Waals surface area contributed by atoms with Crippen molar-refractivity contribution in [2.75, 3.05) is 7.11 Å². The molecule has 1 aromatic carbocycles. The van der Waals surface area contributed by atoms with Crippen molar-refractivity contribution < 1.29 is 4.74 Å². The fourth-order valence-corrected chi connectivity index (χ4v) is 1.71. The van der Waals surface area contributed by atoms with E-state index in [1.807, 2.05) is 12.1 Å². The molecule has 0 aliphatic heterocycles. The predicted octanol–water partition coefficient (Wildman–Crippen LogP) is 4.04. The van der Waals surface area contributed by atoms with Gasteiger partial charge in [0.2, 0.25) is 0 Å². The molecule has 0 bridgehead atoms. The van der Waals surface area contributed by atoms with Crippen LogP contribution in [0.15, 0.2) is 24.3 Å². The Hall–Kier alpha value is -0.690. The van der Waals surface area contributed by atoms with Gasteiger partial charge >= 0.3 is 0 Å². The standard InChI is InChI=1S/C13H19ClO/c1-3-12(14)8-4-6-11-7-5-9-13(10-11)15-2/h5,7,9-10,12H,3-4,6,8H2,1-2H3. The summed E-state index contributed by atoms with van der Waals surface area (Å²) in [6.07, 6.45) is 4.38. The van der Waals surface area contributed by atoms with Gasteiger partial charge in [0.15, 0.2) is 0 Å². The molecule has 1 unspecified atom stereocenters. The Morgan fingerprint density at radius 2 is 2.20 bits per heavy atom. The predicted molar refractivity (Wildman–Crippen MR) is 65.9 cm³/mol. The molecule has 0 fully saturated rings. The van der Waals surface area contributed by atoms with Crippen molar-refractivity contribution in [3.8, 4) is 5.75 Å². The van der Waals surface area contributed by atoms with E-state index in [-0.39, 0.29) is 0 Å². The van der Waals surface area contributed by atoms with Crippen molar-refractivity contribution in [3.63, 3.8) is 0 Å². The first-order valence-corrected chi connectivity index (χ1v) is 5.97. The molecule has 0 amide bonds. The molecule has 0 heterocycles. The maximum atomic E-state index is 6.07. The van der Waals surface area contributed by atoms with Crippen LogP contribution >= 0.6 is 11.6 Å². The molecule has 1 atom stereocenters. The smallest absolute Gasteiger partial charge is 0.119 e. The molecular weight excluding hydrogens is 208 g/mol. The lowest BCUT2D eigenvalue weighted by Gasteiger charge is -2.07. The van der Waals surface area contributed by atoms with Gasteiger partial charge in [0.05, 0.1) is 7.11 Å². The van der Waals surface area contributed by atoms with Gasteiger partial charge in [-0.05, 0) is 43.4 Å². The Labute approximate surface area is 97.4 Å². The van der Waals surface area contributed by atoms with E-state index < -0.39 is 0 Å². The number of methoxy groups -OCH3 is 1. The van der Waals surface area contributed by atoms with Crippen molar-refractivity contribution in [2.24, 2.45) is 0 Å². The van der Waals surface area contributed by atoms with Crippen LogP contribution in [0.2, 0.25) is 0 Å². The minimum atomic E-state index is 0.329. The van der Waals surface area contributed by atoms with E-state index in [2.05, 4.69) is 19.1 Å². The van der Waals surface area contributed by atoms with Crippen molar-refractivity contribution in [2.45, 2.75) is 38.0 Å². The Kier molecular flexibility index (Phi) is 5.56. The summed E-state index contributed by atoms with van der Waals surface area (Å²) in [5.41, 5.74) is 1.33. The van der Waals surface area contributed by atoms with E-state index in [1.54, 1.807) is 7.11 Å². The zero-order valence-electron chi connectivity index (χ0n) is 9.50. The molecule has 0 N–H and O–H groups in total. The summed E-state index contributed by atoms with van der Waals surface area (Å²) in [5, 5.41) is 0.329. The van der Waals surface area contributed by atoms with Crippen LogP contribution in [0.4, 0.5) is 0 Å². The van der Waals surface area contributed by atoms with Crippen molar-refractivity contribution in [1.82, 2.24) is 0 Å². The van der Waals surface area contributed by atoms with Gasteiger partial charge in [0, 0.05) is 5.38 Å². The van der Waals surface area contributed by atoms with E-state index in [1.165, 1.54) is 5.56 Å². The van der Waals surface area contributed by atoms with Crippen LogP contribution in [-0.4, -0.2) is 12.5 Å². The topological polar surface area (TPSA) is 9.23 Å². The number of aryl methyl sites for hydroxylation is 1. The number of benzene rings is 1. The van der Waals surface area contributed by atoms with Gasteiger partial charge in [-0.2, -0.15) is 0 Å². The summed E-state index contributed by atoms with van der Waals surface area (Å²) in [5.74, 6) is 0.936. The SMILES string of the molecule is CCC(Cl)CCCc1cccc(OC)c1. The van der Waals surface area contributed by atoms with Crippen LogP contribution in [0, 0.1) is 0 Å². The van der Waals surface area contributed by atoms with Crippen LogP contribution < -0.4 is 4.74 Å². The zero-order chi connectivity index (χ0) is 11.1. The lowest BCUT2D eigenvalue weighted by atomic mass is 10.1. The summed E-state index contributed by atoms with van der Waals surface area (Å²) in [6.45, 7) is 2.13. The molecule has 0 saturated carbocycles. The first-order chi connectivity index (χ1) is 7.26. The molecule has 2 heteroatoms. The minimum Gasteiger partial charge on any atom is -0.497 e. The third-order valence-electron chi connectivity index (χ3n) is 2.56. The summed E-state index contributed by atoms with van der Waals surface area (Å²) >= 11 is 6.07. The lowest BCUT2D eigenvalue weighted by Crippen LogP contribution is -1.97. The lowest BCUT2D eigenvalue weighted by molar-refractivity contribution is 0.414. The summed E-state index contributed by atoms with van der Waals surface area (Å²) < 4.78 is 5.18. The van der Waals surface area contributed by atoms with Crippen LogP contribution in [0.1, 0.15) is 31.7 Å². The van der Waals surface area contributed by atoms with Crippen LogP contribution in [0.3, 0.4) is 0 Å². The van der Waals surface area contributed by atoms with Gasteiger partial charge in [0.1, 0.15) is 5.75 Å². The first kappa shape index (κ1) is 12.4. The largest absolute Gasteiger partial charge is 0.497 e. The summed E-state index contributed by atoms with van der Waals surface area (Å²) in [6, 6.07) is 8.24. The highest BCUT2D eigenvalue weighted by molar-refractivity contribution is 6.20. The second-order valence-electron chi connectivity index (χ2n) is 3.75. The number of hydrogen-bond donors (Lipinski definition) is 0. The first-order valence-electron chi connectivity index (χ1n) is 5.53. The van der Waals surface area contributed by atoms with Gasteiger partial charge < -0.3 is 4.74 Å². The van der Waals surface area contributed by atoms with E-state index in [4.69, 9.17) is 16.3 Å². The third kappa shape index (κ3) is 4.57. The average Bonchev–Trinajstić information content (AvgIpc) is 2.29. The number of rotatable bonds is 6. The molecule has 0 spiro atoms. The Balaban J connectivity index is 2.37. The average molecular weight is 227 g/mol. The Morgan fingerprint density at radius 1 is 1.40 bits per heavy atom. The maximum absolute atomic E-state index is 6.07. The molecule has 1 nitrogen and oxygen atoms in total. The van der Waals surface area contributed by atoms with Crippen molar-refractivity contribution in [1.29, 1.82) is 0 Å². The number of ether oxygens (including phenoxy) is 1. The van der Waals surface area contributed by atoms with E-state index in [0.717, 1.165) is 31.4 Å². The van der Waals surface area contributed by atoms with Gasteiger partial charge in [-0.15, -0.1) is 11.6 Å². The molecule has 1 aromatic rings. The number of hydrogen-bond acceptors (Lipinski definition) is 1. The van der Waals surface area contributed by atoms with Crippen LogP contribution in [-0.2, 0) is 6.42 Å². The molecule has 0 aromatic heterocycles. The quantitative estimate of drug-likeness (QED) is 0.666. The highest BCUT2D eigenvalue weighted by Crippen LogP contribution is 2.16. The van der Waals surface area contributed by atoms with Crippen molar-refractivity contribution in [3.05, 3.63) is 29.8 Å². The van der Waals surface area contributed by atoms with E-state index in [0.29, 0.717) is 5.38 Å². The molecule has 15 heavy (non-hydrogen) atoms. The summed E-state index contributed by atoms with van der Waals surface area (Å²) in [4.78, 5) is 0. The maximum Gasteiger partial charge on any atom is 0.119 e. The normalized spacial score (nSPS) is 12.5. The molecule has 0 aliphatic carbocycles. The molecule has 0 aliphatic rings. The molecular formula is C13H19ClO. The number of halogens is 1. The fraction of sp³-hybridized carbons (Fsp3) is 0.538. The fourth-order valence-electron chi connectivity index (χ4n) is 1.56. The molecule has 84 valence electrons. The molecule has 0 saturated heterocycles. The van der Waals surface area contributed by atoms with Gasteiger partial charge in [0.25, 0.3) is 0 Å². The van der Waals surface area contributed by atoms with Crippen molar-refractivity contribution >= 4 is 11.6 Å². The second-order valence-corrected chi connectivity index (χ2v) is 4.37. The minimum absolute atomic E-state index is 0.329. The monoisotopic (exact) mass is 226 g/mol. The number of alkyl halides is 1. The highest BCUT2D eigenvalue weighted by atomic mass is 35.5. The van der Waals surface area contributed by atoms with Gasteiger partial charge in [-0.25, -0.2) is 0 Å². The van der Waals surface area contributed by atoms with Crippen LogP contribution in [0.25, 0.3) is 0 Å². The van der Waals surface area contributed by atoms with Crippen LogP contribution in [0.5, 0.6) is 5.75 Å². The zero-order valence-corrected chi connectivity index (χ0v) is 10.3. The van der Waals surface area contributed by atoms with E-state index >= 15 is 0 Å². The molecule has 1 rings (SSSR count). The van der Waals surface area contributed by atoms with Gasteiger partial charge in [-0.3, -0.25) is 0 Å². The second kappa shape index (κ2) is 6.73. The molecule has 0 radical (unpaired) electrons. The Morgan fingerprint density at radius 3 is 2.87 bits per heavy atom. The van der Waals surface area contributed by atoms with Gasteiger partial charge in [-0.1, -0.05) is 19.1 Å². The Bertz CT molecular complexity index is 286. The van der Waals surface area contributed by atoms with E-state index in [9.17, 15) is 0 Å². The summed E-state index contributed by atoms with van der Waals surface area (Å²) in [7, 11) is 1.70. The highest BCUT2D eigenvalue weighted by Gasteiger charge is 2.01.